The zero-order chi connectivity index (χ0) is 14.4. The van der Waals surface area contributed by atoms with Crippen molar-refractivity contribution < 1.29 is 4.79 Å². The van der Waals surface area contributed by atoms with Gasteiger partial charge in [0.1, 0.15) is 0 Å². The molecule has 0 radical (unpaired) electrons. The summed E-state index contributed by atoms with van der Waals surface area (Å²) in [6, 6.07) is 11.5. The lowest BCUT2D eigenvalue weighted by molar-refractivity contribution is -0.123. The van der Waals surface area contributed by atoms with Crippen LogP contribution in [0.2, 0.25) is 0 Å². The summed E-state index contributed by atoms with van der Waals surface area (Å²) in [4.78, 5) is 12.3. The van der Waals surface area contributed by atoms with Crippen LogP contribution in [0.4, 0.5) is 0 Å². The van der Waals surface area contributed by atoms with Crippen LogP contribution < -0.4 is 11.1 Å². The molecule has 1 aromatic carbocycles. The van der Waals surface area contributed by atoms with Crippen molar-refractivity contribution >= 4 is 30.7 Å². The second kappa shape index (κ2) is 10.2. The van der Waals surface area contributed by atoms with E-state index in [0.717, 1.165) is 5.56 Å². The number of amides is 1. The molecule has 22 heavy (non-hydrogen) atoms. The van der Waals surface area contributed by atoms with Gasteiger partial charge in [0.25, 0.3) is 0 Å². The van der Waals surface area contributed by atoms with Crippen LogP contribution in [-0.2, 0) is 11.3 Å². The van der Waals surface area contributed by atoms with Crippen molar-refractivity contribution in [2.45, 2.75) is 25.4 Å². The van der Waals surface area contributed by atoms with Gasteiger partial charge in [0, 0.05) is 25.0 Å². The summed E-state index contributed by atoms with van der Waals surface area (Å²) < 4.78 is 1.80. The van der Waals surface area contributed by atoms with Crippen LogP contribution in [0, 0.1) is 0 Å². The number of hydrogen-bond acceptors (Lipinski definition) is 3. The zero-order valence-corrected chi connectivity index (χ0v) is 14.0. The third-order valence-corrected chi connectivity index (χ3v) is 3.16. The number of halogens is 2. The van der Waals surface area contributed by atoms with E-state index >= 15 is 0 Å². The van der Waals surface area contributed by atoms with Crippen molar-refractivity contribution in [2.75, 3.05) is 6.54 Å². The average Bonchev–Trinajstić information content (AvgIpc) is 2.93. The molecule has 1 aromatic heterocycles. The minimum atomic E-state index is -0.309. The molecule has 3 N–H and O–H groups in total. The van der Waals surface area contributed by atoms with Gasteiger partial charge in [0.05, 0.1) is 12.5 Å². The predicted octanol–water partition coefficient (Wildman–Crippen LogP) is 1.97. The number of nitrogens with two attached hydrogens (primary N) is 1. The minimum Gasteiger partial charge on any atom is -0.351 e. The van der Waals surface area contributed by atoms with Gasteiger partial charge >= 0.3 is 0 Å². The number of benzene rings is 1. The molecule has 0 aliphatic heterocycles. The van der Waals surface area contributed by atoms with Crippen molar-refractivity contribution in [2.24, 2.45) is 5.73 Å². The quantitative estimate of drug-likeness (QED) is 0.841. The number of carbonyl (C=O) groups excluding carboxylic acids is 1. The van der Waals surface area contributed by atoms with E-state index in [4.69, 9.17) is 5.73 Å². The Morgan fingerprint density at radius 2 is 1.95 bits per heavy atom. The Kier molecular flexibility index (Phi) is 9.49. The fraction of sp³-hybridized carbons (Fsp3) is 0.333. The van der Waals surface area contributed by atoms with E-state index in [1.165, 1.54) is 0 Å². The predicted molar refractivity (Wildman–Crippen MR) is 92.6 cm³/mol. The van der Waals surface area contributed by atoms with Crippen LogP contribution in [0.3, 0.4) is 0 Å². The third kappa shape index (κ3) is 5.67. The molecule has 2 rings (SSSR count). The van der Waals surface area contributed by atoms with Crippen molar-refractivity contribution in [1.82, 2.24) is 15.1 Å². The SMILES string of the molecule is CC(Cn1cccn1)NC(=O)C(CN)c1ccccc1.Cl.Cl. The monoisotopic (exact) mass is 344 g/mol. The number of nitrogens with one attached hydrogen (secondary N) is 1. The molecule has 0 spiro atoms. The molecule has 122 valence electrons. The van der Waals surface area contributed by atoms with E-state index in [-0.39, 0.29) is 42.7 Å². The molecule has 0 bridgehead atoms. The smallest absolute Gasteiger partial charge is 0.229 e. The fourth-order valence-electron chi connectivity index (χ4n) is 2.16. The van der Waals surface area contributed by atoms with Crippen molar-refractivity contribution in [1.29, 1.82) is 0 Å². The topological polar surface area (TPSA) is 72.9 Å². The van der Waals surface area contributed by atoms with E-state index in [1.807, 2.05) is 49.5 Å². The Bertz CT molecular complexity index is 534. The third-order valence-electron chi connectivity index (χ3n) is 3.16. The van der Waals surface area contributed by atoms with E-state index in [0.29, 0.717) is 13.1 Å². The summed E-state index contributed by atoms with van der Waals surface area (Å²) in [7, 11) is 0. The molecule has 7 heteroatoms. The van der Waals surface area contributed by atoms with Gasteiger partial charge in [-0.1, -0.05) is 30.3 Å². The Morgan fingerprint density at radius 3 is 2.50 bits per heavy atom. The Hall–Kier alpha value is -1.56. The van der Waals surface area contributed by atoms with Gasteiger partial charge < -0.3 is 11.1 Å². The highest BCUT2D eigenvalue weighted by molar-refractivity contribution is 5.85. The van der Waals surface area contributed by atoms with Gasteiger partial charge in [-0.05, 0) is 18.6 Å². The Labute approximate surface area is 143 Å². The molecule has 1 heterocycles. The maximum Gasteiger partial charge on any atom is 0.229 e. The van der Waals surface area contributed by atoms with Crippen LogP contribution in [0.1, 0.15) is 18.4 Å². The standard InChI is InChI=1S/C15H20N4O.2ClH/c1-12(11-19-9-5-8-17-19)18-15(20)14(10-16)13-6-3-2-4-7-13;;/h2-9,12,14H,10-11,16H2,1H3,(H,18,20);2*1H. The van der Waals surface area contributed by atoms with Crippen LogP contribution in [0.25, 0.3) is 0 Å². The average molecular weight is 345 g/mol. The molecular formula is C15H22Cl2N4O. The lowest BCUT2D eigenvalue weighted by Gasteiger charge is -2.19. The molecular weight excluding hydrogens is 323 g/mol. The number of aromatic nitrogens is 2. The van der Waals surface area contributed by atoms with Gasteiger partial charge in [0.15, 0.2) is 0 Å². The maximum absolute atomic E-state index is 12.3. The highest BCUT2D eigenvalue weighted by Gasteiger charge is 2.20. The van der Waals surface area contributed by atoms with Gasteiger partial charge in [-0.15, -0.1) is 24.8 Å². The second-order valence-corrected chi connectivity index (χ2v) is 4.84. The fourth-order valence-corrected chi connectivity index (χ4v) is 2.16. The highest BCUT2D eigenvalue weighted by Crippen LogP contribution is 2.14. The Balaban J connectivity index is 0.00000220. The number of hydrogen-bond donors (Lipinski definition) is 2. The molecule has 0 saturated heterocycles. The van der Waals surface area contributed by atoms with Crippen LogP contribution >= 0.6 is 24.8 Å². The molecule has 0 aliphatic carbocycles. The first-order valence-corrected chi connectivity index (χ1v) is 6.73. The minimum absolute atomic E-state index is 0. The molecule has 0 fully saturated rings. The summed E-state index contributed by atoms with van der Waals surface area (Å²) in [6.45, 7) is 2.90. The summed E-state index contributed by atoms with van der Waals surface area (Å²) in [5.41, 5.74) is 6.68. The largest absolute Gasteiger partial charge is 0.351 e. The van der Waals surface area contributed by atoms with E-state index in [1.54, 1.807) is 10.9 Å². The normalized spacial score (nSPS) is 12.5. The van der Waals surface area contributed by atoms with Crippen molar-refractivity contribution in [3.63, 3.8) is 0 Å². The van der Waals surface area contributed by atoms with Crippen molar-refractivity contribution in [3.8, 4) is 0 Å². The Morgan fingerprint density at radius 1 is 1.27 bits per heavy atom. The molecule has 0 aliphatic rings. The second-order valence-electron chi connectivity index (χ2n) is 4.84. The molecule has 2 unspecified atom stereocenters. The van der Waals surface area contributed by atoms with Gasteiger partial charge in [-0.2, -0.15) is 5.10 Å². The number of nitrogens with zero attached hydrogens (tertiary/aromatic N) is 2. The molecule has 2 aromatic rings. The summed E-state index contributed by atoms with van der Waals surface area (Å²) >= 11 is 0. The number of carbonyl (C=O) groups is 1. The van der Waals surface area contributed by atoms with Crippen LogP contribution in [-0.4, -0.2) is 28.3 Å². The zero-order valence-electron chi connectivity index (χ0n) is 12.4. The molecule has 0 saturated carbocycles. The van der Waals surface area contributed by atoms with Crippen LogP contribution in [0.5, 0.6) is 0 Å². The lowest BCUT2D eigenvalue weighted by Crippen LogP contribution is -2.40. The van der Waals surface area contributed by atoms with E-state index < -0.39 is 0 Å². The lowest BCUT2D eigenvalue weighted by atomic mass is 9.98. The first-order chi connectivity index (χ1) is 9.70. The van der Waals surface area contributed by atoms with Crippen molar-refractivity contribution in [3.05, 3.63) is 54.4 Å². The maximum atomic E-state index is 12.3. The summed E-state index contributed by atoms with van der Waals surface area (Å²) in [5.74, 6) is -0.352. The van der Waals surface area contributed by atoms with Gasteiger partial charge in [-0.3, -0.25) is 9.48 Å². The first-order valence-electron chi connectivity index (χ1n) is 6.73. The summed E-state index contributed by atoms with van der Waals surface area (Å²) in [6.07, 6.45) is 3.60. The number of rotatable bonds is 6. The van der Waals surface area contributed by atoms with E-state index in [2.05, 4.69) is 10.4 Å². The molecule has 2 atom stereocenters. The first kappa shape index (κ1) is 20.4. The van der Waals surface area contributed by atoms with Crippen LogP contribution in [0.15, 0.2) is 48.8 Å². The van der Waals surface area contributed by atoms with Gasteiger partial charge in [0.2, 0.25) is 5.91 Å². The highest BCUT2D eigenvalue weighted by atomic mass is 35.5. The molecule has 5 nitrogen and oxygen atoms in total. The van der Waals surface area contributed by atoms with Gasteiger partial charge in [-0.25, -0.2) is 0 Å². The summed E-state index contributed by atoms with van der Waals surface area (Å²) in [5, 5.41) is 7.12. The van der Waals surface area contributed by atoms with E-state index in [9.17, 15) is 4.79 Å². The molecule has 1 amide bonds.